The molecular weight excluding hydrogens is 228 g/mol. The van der Waals surface area contributed by atoms with E-state index < -0.39 is 10.0 Å². The summed E-state index contributed by atoms with van der Waals surface area (Å²) in [6.45, 7) is 2.08. The molecule has 2 N–H and O–H groups in total. The SMILES string of the molecule is CC=N/C(=C(\C=N)CNC)N(C)S(C)(=O)=O. The molecule has 0 heterocycles. The second-order valence-corrected chi connectivity index (χ2v) is 5.16. The van der Waals surface area contributed by atoms with Gasteiger partial charge in [-0.3, -0.25) is 4.31 Å². The second-order valence-electron chi connectivity index (χ2n) is 3.14. The van der Waals surface area contributed by atoms with Gasteiger partial charge in [-0.1, -0.05) is 0 Å². The summed E-state index contributed by atoms with van der Waals surface area (Å²) in [7, 11) is -0.234. The van der Waals surface area contributed by atoms with E-state index in [9.17, 15) is 8.42 Å². The van der Waals surface area contributed by atoms with E-state index in [4.69, 9.17) is 5.41 Å². The summed E-state index contributed by atoms with van der Waals surface area (Å²) in [5.74, 6) is 0.259. The quantitative estimate of drug-likeness (QED) is 0.649. The fourth-order valence-electron chi connectivity index (χ4n) is 1.03. The Morgan fingerprint density at radius 1 is 1.56 bits per heavy atom. The van der Waals surface area contributed by atoms with Gasteiger partial charge in [0, 0.05) is 31.6 Å². The zero-order valence-corrected chi connectivity index (χ0v) is 10.8. The molecule has 0 aliphatic rings. The van der Waals surface area contributed by atoms with Gasteiger partial charge >= 0.3 is 0 Å². The van der Waals surface area contributed by atoms with Gasteiger partial charge in [0.25, 0.3) is 0 Å². The first kappa shape index (κ1) is 14.8. The molecule has 0 unspecified atom stereocenters. The van der Waals surface area contributed by atoms with Crippen LogP contribution in [-0.4, -0.2) is 52.0 Å². The smallest absolute Gasteiger partial charge is 0.233 e. The number of hydrogen-bond acceptors (Lipinski definition) is 5. The topological polar surface area (TPSA) is 85.6 Å². The molecule has 0 aromatic carbocycles. The number of rotatable bonds is 6. The molecular formula is C9H18N4O2S. The van der Waals surface area contributed by atoms with E-state index in [0.717, 1.165) is 16.8 Å². The van der Waals surface area contributed by atoms with Gasteiger partial charge in [-0.15, -0.1) is 0 Å². The molecule has 0 saturated heterocycles. The van der Waals surface area contributed by atoms with Crippen LogP contribution in [0.2, 0.25) is 0 Å². The Labute approximate surface area is 96.6 Å². The van der Waals surface area contributed by atoms with Crippen LogP contribution in [0.1, 0.15) is 6.92 Å². The maximum Gasteiger partial charge on any atom is 0.233 e. The maximum atomic E-state index is 11.4. The van der Waals surface area contributed by atoms with Crippen molar-refractivity contribution in [1.82, 2.24) is 9.62 Å². The van der Waals surface area contributed by atoms with Crippen molar-refractivity contribution in [3.8, 4) is 0 Å². The predicted molar refractivity (Wildman–Crippen MR) is 66.5 cm³/mol. The van der Waals surface area contributed by atoms with Crippen LogP contribution in [0, 0.1) is 5.41 Å². The lowest BCUT2D eigenvalue weighted by atomic mass is 10.3. The summed E-state index contributed by atoms with van der Waals surface area (Å²) in [6.07, 6.45) is 3.69. The highest BCUT2D eigenvalue weighted by molar-refractivity contribution is 7.88. The molecule has 0 bridgehead atoms. The highest BCUT2D eigenvalue weighted by atomic mass is 32.2. The molecule has 0 amide bonds. The molecule has 0 aliphatic heterocycles. The van der Waals surface area contributed by atoms with Crippen LogP contribution in [0.3, 0.4) is 0 Å². The molecule has 7 heteroatoms. The first-order valence-electron chi connectivity index (χ1n) is 4.69. The fourth-order valence-corrected chi connectivity index (χ4v) is 1.51. The Bertz CT molecular complexity index is 398. The van der Waals surface area contributed by atoms with Crippen LogP contribution in [-0.2, 0) is 10.0 Å². The van der Waals surface area contributed by atoms with E-state index in [2.05, 4.69) is 10.3 Å². The molecule has 0 atom stereocenters. The zero-order chi connectivity index (χ0) is 12.8. The first-order valence-corrected chi connectivity index (χ1v) is 6.54. The van der Waals surface area contributed by atoms with Gasteiger partial charge in [-0.2, -0.15) is 0 Å². The van der Waals surface area contributed by atoms with Gasteiger partial charge in [-0.25, -0.2) is 13.4 Å². The molecule has 0 saturated carbocycles. The van der Waals surface area contributed by atoms with Crippen LogP contribution in [0.5, 0.6) is 0 Å². The van der Waals surface area contributed by atoms with Crippen molar-refractivity contribution in [3.05, 3.63) is 11.4 Å². The van der Waals surface area contributed by atoms with E-state index in [1.165, 1.54) is 13.3 Å². The Morgan fingerprint density at radius 3 is 2.44 bits per heavy atom. The lowest BCUT2D eigenvalue weighted by Gasteiger charge is -2.19. The van der Waals surface area contributed by atoms with Crippen LogP contribution in [0.4, 0.5) is 0 Å². The Kier molecular flexibility index (Phi) is 5.91. The summed E-state index contributed by atoms with van der Waals surface area (Å²) in [5.41, 5.74) is 0.508. The Balaban J connectivity index is 5.52. The molecule has 0 aromatic rings. The number of hydrogen-bond donors (Lipinski definition) is 2. The summed E-state index contributed by atoms with van der Waals surface area (Å²) in [4.78, 5) is 3.99. The van der Waals surface area contributed by atoms with Gasteiger partial charge in [0.05, 0.1) is 6.26 Å². The minimum Gasteiger partial charge on any atom is -0.315 e. The lowest BCUT2D eigenvalue weighted by Crippen LogP contribution is -2.27. The van der Waals surface area contributed by atoms with Crippen molar-refractivity contribution < 1.29 is 8.42 Å². The largest absolute Gasteiger partial charge is 0.315 e. The van der Waals surface area contributed by atoms with E-state index in [-0.39, 0.29) is 5.82 Å². The van der Waals surface area contributed by atoms with Gasteiger partial charge in [0.2, 0.25) is 10.0 Å². The number of nitrogens with one attached hydrogen (secondary N) is 2. The van der Waals surface area contributed by atoms with E-state index >= 15 is 0 Å². The summed E-state index contributed by atoms with van der Waals surface area (Å²) in [5, 5.41) is 10.1. The van der Waals surface area contributed by atoms with Crippen LogP contribution in [0.25, 0.3) is 0 Å². The third-order valence-electron chi connectivity index (χ3n) is 1.88. The van der Waals surface area contributed by atoms with Gasteiger partial charge < -0.3 is 10.7 Å². The van der Waals surface area contributed by atoms with E-state index in [1.807, 2.05) is 0 Å². The fraction of sp³-hybridized carbons (Fsp3) is 0.556. The minimum absolute atomic E-state index is 0.259. The van der Waals surface area contributed by atoms with E-state index in [1.54, 1.807) is 14.0 Å². The molecule has 0 aromatic heterocycles. The van der Waals surface area contributed by atoms with Gasteiger partial charge in [-0.05, 0) is 14.0 Å². The molecule has 92 valence electrons. The maximum absolute atomic E-state index is 11.4. The summed E-state index contributed by atoms with van der Waals surface area (Å²) in [6, 6.07) is 0. The molecule has 6 nitrogen and oxygen atoms in total. The molecule has 16 heavy (non-hydrogen) atoms. The lowest BCUT2D eigenvalue weighted by molar-refractivity contribution is 0.525. The minimum atomic E-state index is -3.37. The molecule has 0 aliphatic carbocycles. The van der Waals surface area contributed by atoms with Crippen molar-refractivity contribution in [1.29, 1.82) is 5.41 Å². The standard InChI is InChI=1S/C9H18N4O2S/c1-5-12-9(8(6-10)7-11-2)13(3)16(4,14)15/h5-6,10-11H,7H2,1-4H3/b9-8-,10-6?,12-5?. The van der Waals surface area contributed by atoms with Crippen molar-refractivity contribution in [2.24, 2.45) is 4.99 Å². The molecule has 0 spiro atoms. The normalized spacial score (nSPS) is 13.8. The van der Waals surface area contributed by atoms with Gasteiger partial charge in [0.15, 0.2) is 0 Å². The van der Waals surface area contributed by atoms with Crippen molar-refractivity contribution in [2.75, 3.05) is 26.9 Å². The summed E-state index contributed by atoms with van der Waals surface area (Å²) >= 11 is 0. The number of sulfonamides is 1. The number of nitrogens with zero attached hydrogens (tertiary/aromatic N) is 2. The first-order chi connectivity index (χ1) is 7.38. The monoisotopic (exact) mass is 246 g/mol. The zero-order valence-electron chi connectivity index (χ0n) is 9.98. The van der Waals surface area contributed by atoms with Crippen molar-refractivity contribution in [3.63, 3.8) is 0 Å². The Morgan fingerprint density at radius 2 is 2.12 bits per heavy atom. The molecule has 0 rings (SSSR count). The van der Waals surface area contributed by atoms with Crippen molar-refractivity contribution in [2.45, 2.75) is 6.92 Å². The highest BCUT2D eigenvalue weighted by Gasteiger charge is 2.16. The van der Waals surface area contributed by atoms with Gasteiger partial charge in [0.1, 0.15) is 5.82 Å². The number of aliphatic imine (C=N–C) groups is 1. The predicted octanol–water partition coefficient (Wildman–Crippen LogP) is 0.0491. The average molecular weight is 246 g/mol. The van der Waals surface area contributed by atoms with Crippen LogP contribution in [0.15, 0.2) is 16.4 Å². The number of likely N-dealkylation sites (N-methyl/N-ethyl adjacent to an activating group) is 1. The second kappa shape index (κ2) is 6.39. The van der Waals surface area contributed by atoms with Crippen LogP contribution >= 0.6 is 0 Å². The van der Waals surface area contributed by atoms with Crippen molar-refractivity contribution >= 4 is 22.5 Å². The average Bonchev–Trinajstić information content (AvgIpc) is 2.21. The Hall–Kier alpha value is -1.21. The third-order valence-corrected chi connectivity index (χ3v) is 3.04. The van der Waals surface area contributed by atoms with E-state index in [0.29, 0.717) is 12.1 Å². The van der Waals surface area contributed by atoms with Crippen LogP contribution < -0.4 is 5.32 Å². The summed E-state index contributed by atoms with van der Waals surface area (Å²) < 4.78 is 23.8. The molecule has 0 radical (unpaired) electrons. The third kappa shape index (κ3) is 4.11. The molecule has 0 fully saturated rings. The highest BCUT2D eigenvalue weighted by Crippen LogP contribution is 2.12.